The number of carbonyl (C=O) groups is 1. The molecule has 0 rings (SSSR count). The van der Waals surface area contributed by atoms with Crippen molar-refractivity contribution in [1.82, 2.24) is 4.90 Å². The first-order valence-corrected chi connectivity index (χ1v) is 4.81. The minimum Gasteiger partial charge on any atom is -0.462 e. The summed E-state index contributed by atoms with van der Waals surface area (Å²) in [6.45, 7) is 7.58. The van der Waals surface area contributed by atoms with Gasteiger partial charge in [-0.05, 0) is 34.7 Å². The predicted octanol–water partition coefficient (Wildman–Crippen LogP) is 0.641. The number of nitrogens with zero attached hydrogens (tertiary/aromatic N) is 1. The third kappa shape index (κ3) is 4.58. The molecule has 0 fully saturated rings. The van der Waals surface area contributed by atoms with Gasteiger partial charge in [-0.15, -0.1) is 0 Å². The molecular weight excluding hydrogens is 182 g/mol. The first-order valence-electron chi connectivity index (χ1n) is 4.81. The number of rotatable bonds is 5. The van der Waals surface area contributed by atoms with E-state index in [4.69, 9.17) is 9.84 Å². The van der Waals surface area contributed by atoms with Crippen molar-refractivity contribution in [2.75, 3.05) is 20.2 Å². The molecule has 1 N–H and O–H groups in total. The van der Waals surface area contributed by atoms with Crippen molar-refractivity contribution in [3.05, 3.63) is 0 Å². The molecule has 0 aromatic heterocycles. The van der Waals surface area contributed by atoms with Gasteiger partial charge in [-0.1, -0.05) is 0 Å². The summed E-state index contributed by atoms with van der Waals surface area (Å²) in [6.07, 6.45) is -0.0897. The molecule has 0 bridgehead atoms. The molecule has 0 aromatic carbocycles. The number of aliphatic hydroxyl groups is 1. The quantitative estimate of drug-likeness (QED) is 0.666. The van der Waals surface area contributed by atoms with Crippen molar-refractivity contribution < 1.29 is 14.6 Å². The second-order valence-corrected chi connectivity index (χ2v) is 4.37. The van der Waals surface area contributed by atoms with E-state index in [0.29, 0.717) is 0 Å². The highest BCUT2D eigenvalue weighted by atomic mass is 16.5. The average Bonchev–Trinajstić information content (AvgIpc) is 2.02. The molecule has 0 radical (unpaired) electrons. The molecule has 0 aliphatic rings. The van der Waals surface area contributed by atoms with E-state index in [2.05, 4.69) is 0 Å². The van der Waals surface area contributed by atoms with Crippen LogP contribution in [-0.2, 0) is 9.53 Å². The smallest absolute Gasteiger partial charge is 0.320 e. The van der Waals surface area contributed by atoms with Gasteiger partial charge in [0.15, 0.2) is 0 Å². The van der Waals surface area contributed by atoms with E-state index in [1.54, 1.807) is 11.9 Å². The number of hydrogen-bond acceptors (Lipinski definition) is 4. The Labute approximate surface area is 85.9 Å². The van der Waals surface area contributed by atoms with Crippen LogP contribution in [0.4, 0.5) is 0 Å². The normalized spacial score (nSPS) is 12.3. The van der Waals surface area contributed by atoms with Gasteiger partial charge in [-0.25, -0.2) is 0 Å². The fourth-order valence-electron chi connectivity index (χ4n) is 0.829. The Morgan fingerprint density at radius 2 is 2.00 bits per heavy atom. The highest BCUT2D eigenvalue weighted by Crippen LogP contribution is 2.10. The molecule has 0 atom stereocenters. The molecule has 0 saturated carbocycles. The van der Waals surface area contributed by atoms with E-state index >= 15 is 0 Å². The lowest BCUT2D eigenvalue weighted by molar-refractivity contribution is -0.150. The number of esters is 1. The van der Waals surface area contributed by atoms with Crippen LogP contribution in [0.15, 0.2) is 0 Å². The third-order valence-electron chi connectivity index (χ3n) is 2.15. The van der Waals surface area contributed by atoms with Crippen LogP contribution in [-0.4, -0.2) is 47.8 Å². The Morgan fingerprint density at radius 1 is 1.50 bits per heavy atom. The first-order chi connectivity index (χ1) is 6.29. The largest absolute Gasteiger partial charge is 0.462 e. The summed E-state index contributed by atoms with van der Waals surface area (Å²) >= 11 is 0. The van der Waals surface area contributed by atoms with Crippen molar-refractivity contribution in [3.63, 3.8) is 0 Å². The van der Waals surface area contributed by atoms with Gasteiger partial charge in [-0.2, -0.15) is 0 Å². The van der Waals surface area contributed by atoms with Gasteiger partial charge in [0.25, 0.3) is 0 Å². The fraction of sp³-hybridized carbons (Fsp3) is 0.900. The van der Waals surface area contributed by atoms with Gasteiger partial charge in [0.2, 0.25) is 0 Å². The Kier molecular flexibility index (Phi) is 5.08. The molecule has 0 heterocycles. The number of ether oxygens (including phenoxy) is 1. The van der Waals surface area contributed by atoms with Gasteiger partial charge in [0.1, 0.15) is 0 Å². The standard InChI is InChI=1S/C10H21NO3/c1-8(2)14-9(13)6-11(5)10(3,4)7-12/h8,12H,6-7H2,1-5H3. The highest BCUT2D eigenvalue weighted by Gasteiger charge is 2.24. The summed E-state index contributed by atoms with van der Waals surface area (Å²) in [5.74, 6) is -0.260. The first kappa shape index (κ1) is 13.4. The van der Waals surface area contributed by atoms with Crippen LogP contribution in [0.1, 0.15) is 27.7 Å². The summed E-state index contributed by atoms with van der Waals surface area (Å²) in [4.78, 5) is 13.1. The van der Waals surface area contributed by atoms with E-state index in [1.807, 2.05) is 27.7 Å². The second-order valence-electron chi connectivity index (χ2n) is 4.37. The molecule has 0 spiro atoms. The van der Waals surface area contributed by atoms with E-state index < -0.39 is 5.54 Å². The number of hydrogen-bond donors (Lipinski definition) is 1. The lowest BCUT2D eigenvalue weighted by Crippen LogP contribution is -2.47. The Morgan fingerprint density at radius 3 is 2.36 bits per heavy atom. The van der Waals surface area contributed by atoms with Crippen molar-refractivity contribution in [1.29, 1.82) is 0 Å². The molecule has 0 saturated heterocycles. The molecule has 4 nitrogen and oxygen atoms in total. The molecule has 0 aliphatic heterocycles. The van der Waals surface area contributed by atoms with Crippen LogP contribution in [0.2, 0.25) is 0 Å². The van der Waals surface area contributed by atoms with E-state index in [0.717, 1.165) is 0 Å². The molecule has 14 heavy (non-hydrogen) atoms. The zero-order valence-corrected chi connectivity index (χ0v) is 9.70. The molecule has 0 aromatic rings. The second kappa shape index (κ2) is 5.32. The lowest BCUT2D eigenvalue weighted by Gasteiger charge is -2.33. The van der Waals surface area contributed by atoms with Crippen molar-refractivity contribution in [2.45, 2.75) is 39.3 Å². The SMILES string of the molecule is CC(C)OC(=O)CN(C)C(C)(C)CO. The summed E-state index contributed by atoms with van der Waals surface area (Å²) in [6, 6.07) is 0. The van der Waals surface area contributed by atoms with Gasteiger partial charge < -0.3 is 9.84 Å². The van der Waals surface area contributed by atoms with Crippen molar-refractivity contribution in [3.8, 4) is 0 Å². The Bertz CT molecular complexity index is 190. The number of likely N-dealkylation sites (N-methyl/N-ethyl adjacent to an activating group) is 1. The van der Waals surface area contributed by atoms with E-state index in [1.165, 1.54) is 0 Å². The molecule has 0 aliphatic carbocycles. The van der Waals surface area contributed by atoms with Gasteiger partial charge in [0, 0.05) is 5.54 Å². The monoisotopic (exact) mass is 203 g/mol. The maximum Gasteiger partial charge on any atom is 0.320 e. The number of carbonyl (C=O) groups excluding carboxylic acids is 1. The van der Waals surface area contributed by atoms with E-state index in [9.17, 15) is 4.79 Å². The highest BCUT2D eigenvalue weighted by molar-refractivity contribution is 5.71. The van der Waals surface area contributed by atoms with Gasteiger partial charge in [0.05, 0.1) is 19.3 Å². The Balaban J connectivity index is 4.06. The average molecular weight is 203 g/mol. The van der Waals surface area contributed by atoms with Crippen molar-refractivity contribution in [2.24, 2.45) is 0 Å². The summed E-state index contributed by atoms with van der Waals surface area (Å²) in [5, 5.41) is 9.07. The Hall–Kier alpha value is -0.610. The van der Waals surface area contributed by atoms with Crippen LogP contribution in [0.25, 0.3) is 0 Å². The predicted molar refractivity (Wildman–Crippen MR) is 55.0 cm³/mol. The maximum atomic E-state index is 11.3. The summed E-state index contributed by atoms with van der Waals surface area (Å²) in [5.41, 5.74) is -0.393. The van der Waals surface area contributed by atoms with Crippen LogP contribution >= 0.6 is 0 Å². The van der Waals surface area contributed by atoms with Crippen molar-refractivity contribution >= 4 is 5.97 Å². The summed E-state index contributed by atoms with van der Waals surface area (Å²) < 4.78 is 5.00. The van der Waals surface area contributed by atoms with Crippen LogP contribution < -0.4 is 0 Å². The lowest BCUT2D eigenvalue weighted by atomic mass is 10.1. The molecular formula is C10H21NO3. The van der Waals surface area contributed by atoms with Crippen LogP contribution in [0.5, 0.6) is 0 Å². The molecule has 0 amide bonds. The zero-order valence-electron chi connectivity index (χ0n) is 9.70. The van der Waals surface area contributed by atoms with Gasteiger partial charge >= 0.3 is 5.97 Å². The number of aliphatic hydroxyl groups excluding tert-OH is 1. The molecule has 4 heteroatoms. The zero-order chi connectivity index (χ0) is 11.4. The van der Waals surface area contributed by atoms with Crippen LogP contribution in [0.3, 0.4) is 0 Å². The molecule has 84 valence electrons. The summed E-state index contributed by atoms with van der Waals surface area (Å²) in [7, 11) is 1.79. The minimum absolute atomic E-state index is 0.0124. The molecule has 0 unspecified atom stereocenters. The van der Waals surface area contributed by atoms with Crippen LogP contribution in [0, 0.1) is 0 Å². The fourth-order valence-corrected chi connectivity index (χ4v) is 0.829. The van der Waals surface area contributed by atoms with E-state index in [-0.39, 0.29) is 25.2 Å². The third-order valence-corrected chi connectivity index (χ3v) is 2.15. The topological polar surface area (TPSA) is 49.8 Å². The maximum absolute atomic E-state index is 11.3. The minimum atomic E-state index is -0.393. The van der Waals surface area contributed by atoms with Gasteiger partial charge in [-0.3, -0.25) is 9.69 Å².